The monoisotopic (exact) mass is 391 g/mol. The lowest BCUT2D eigenvalue weighted by Crippen LogP contribution is -2.32. The highest BCUT2D eigenvalue weighted by molar-refractivity contribution is 8.01. The molecule has 4 rings (SSSR count). The normalized spacial score (nSPS) is 19.4. The van der Waals surface area contributed by atoms with Crippen LogP contribution in [0.3, 0.4) is 0 Å². The fourth-order valence-corrected chi connectivity index (χ4v) is 5.04. The summed E-state index contributed by atoms with van der Waals surface area (Å²) in [4.78, 5) is 14.7. The van der Waals surface area contributed by atoms with E-state index in [1.165, 1.54) is 23.1 Å². The number of rotatable bonds is 4. The van der Waals surface area contributed by atoms with Crippen LogP contribution in [-0.4, -0.2) is 46.5 Å². The summed E-state index contributed by atoms with van der Waals surface area (Å²) in [5.74, 6) is 2.13. The highest BCUT2D eigenvalue weighted by Gasteiger charge is 2.30. The number of carbonyl (C=O) groups is 1. The Bertz CT molecular complexity index is 796. The van der Waals surface area contributed by atoms with Crippen LogP contribution >= 0.6 is 23.1 Å². The van der Waals surface area contributed by atoms with Crippen molar-refractivity contribution in [3.8, 4) is 11.5 Å². The molecule has 8 heteroatoms. The van der Waals surface area contributed by atoms with E-state index in [9.17, 15) is 4.79 Å². The molecule has 1 unspecified atom stereocenters. The summed E-state index contributed by atoms with van der Waals surface area (Å²) in [7, 11) is 0. The molecule has 0 saturated carbocycles. The van der Waals surface area contributed by atoms with Crippen molar-refractivity contribution in [3.63, 3.8) is 0 Å². The summed E-state index contributed by atoms with van der Waals surface area (Å²) >= 11 is 2.99. The molecule has 2 aromatic rings. The first-order valence-corrected chi connectivity index (χ1v) is 10.6. The third-order valence-electron chi connectivity index (χ3n) is 4.56. The molecule has 1 aromatic carbocycles. The van der Waals surface area contributed by atoms with Gasteiger partial charge in [-0.05, 0) is 37.5 Å². The van der Waals surface area contributed by atoms with Gasteiger partial charge in [0.2, 0.25) is 5.91 Å². The molecule has 1 aromatic heterocycles. The number of amides is 1. The highest BCUT2D eigenvalue weighted by Crippen LogP contribution is 2.38. The molecule has 26 heavy (non-hydrogen) atoms. The van der Waals surface area contributed by atoms with Gasteiger partial charge >= 0.3 is 0 Å². The molecule has 0 radical (unpaired) electrons. The van der Waals surface area contributed by atoms with Crippen molar-refractivity contribution in [2.75, 3.05) is 25.5 Å². The summed E-state index contributed by atoms with van der Waals surface area (Å²) < 4.78 is 12.4. The molecule has 2 aliphatic rings. The van der Waals surface area contributed by atoms with E-state index in [0.717, 1.165) is 52.2 Å². The van der Waals surface area contributed by atoms with Crippen molar-refractivity contribution in [1.29, 1.82) is 0 Å². The summed E-state index contributed by atoms with van der Waals surface area (Å²) in [5, 5.41) is 9.00. The Hall–Kier alpha value is -1.80. The minimum absolute atomic E-state index is 0.108. The molecule has 1 saturated heterocycles. The summed E-state index contributed by atoms with van der Waals surface area (Å²) in [5.41, 5.74) is 1.12. The molecule has 1 amide bonds. The predicted octanol–water partition coefficient (Wildman–Crippen LogP) is 3.46. The van der Waals surface area contributed by atoms with Gasteiger partial charge in [0.05, 0.1) is 25.0 Å². The SMILES string of the molecule is Cc1nnc(SCC(=O)N2CCCC2c2ccc3c(c2)OCCCO3)s1. The maximum absolute atomic E-state index is 12.8. The molecule has 138 valence electrons. The Balaban J connectivity index is 1.45. The standard InChI is InChI=1S/C18H21N3O3S2/c1-12-19-20-18(26-12)25-11-17(22)21-7-2-4-14(21)13-5-6-15-16(10-13)24-9-3-8-23-15/h5-6,10,14H,2-4,7-9,11H2,1H3. The molecule has 0 aliphatic carbocycles. The molecule has 3 heterocycles. The predicted molar refractivity (Wildman–Crippen MR) is 101 cm³/mol. The second kappa shape index (κ2) is 7.84. The van der Waals surface area contributed by atoms with Crippen LogP contribution in [0.25, 0.3) is 0 Å². The van der Waals surface area contributed by atoms with Crippen LogP contribution in [0.2, 0.25) is 0 Å². The van der Waals surface area contributed by atoms with Gasteiger partial charge in [-0.25, -0.2) is 0 Å². The van der Waals surface area contributed by atoms with Gasteiger partial charge in [-0.2, -0.15) is 0 Å². The Morgan fingerprint density at radius 1 is 1.27 bits per heavy atom. The van der Waals surface area contributed by atoms with E-state index in [0.29, 0.717) is 19.0 Å². The number of ether oxygens (including phenoxy) is 2. The van der Waals surface area contributed by atoms with Gasteiger partial charge in [0.1, 0.15) is 5.01 Å². The molecule has 2 aliphatic heterocycles. The minimum atomic E-state index is 0.108. The number of likely N-dealkylation sites (tertiary alicyclic amines) is 1. The number of hydrogen-bond donors (Lipinski definition) is 0. The van der Waals surface area contributed by atoms with Crippen molar-refractivity contribution in [3.05, 3.63) is 28.8 Å². The minimum Gasteiger partial charge on any atom is -0.490 e. The molecule has 1 fully saturated rings. The van der Waals surface area contributed by atoms with Crippen LogP contribution < -0.4 is 9.47 Å². The second-order valence-corrected chi connectivity index (χ2v) is 8.78. The van der Waals surface area contributed by atoms with Gasteiger partial charge in [-0.15, -0.1) is 10.2 Å². The number of aromatic nitrogens is 2. The third-order valence-corrected chi connectivity index (χ3v) is 6.51. The molecule has 6 nitrogen and oxygen atoms in total. The van der Waals surface area contributed by atoms with E-state index in [-0.39, 0.29) is 11.9 Å². The Morgan fingerprint density at radius 3 is 2.92 bits per heavy atom. The van der Waals surface area contributed by atoms with Gasteiger partial charge in [-0.1, -0.05) is 29.2 Å². The number of thioether (sulfide) groups is 1. The zero-order valence-electron chi connectivity index (χ0n) is 14.6. The molecule has 0 bridgehead atoms. The zero-order valence-corrected chi connectivity index (χ0v) is 16.3. The number of fused-ring (bicyclic) bond motifs is 1. The van der Waals surface area contributed by atoms with Gasteiger partial charge in [0.25, 0.3) is 0 Å². The van der Waals surface area contributed by atoms with Gasteiger partial charge < -0.3 is 14.4 Å². The first-order valence-electron chi connectivity index (χ1n) is 8.82. The first kappa shape index (κ1) is 17.6. The van der Waals surface area contributed by atoms with Crippen molar-refractivity contribution >= 4 is 29.0 Å². The number of nitrogens with zero attached hydrogens (tertiary/aromatic N) is 3. The average molecular weight is 392 g/mol. The number of carbonyl (C=O) groups excluding carboxylic acids is 1. The summed E-state index contributed by atoms with van der Waals surface area (Å²) in [6.45, 7) is 4.07. The zero-order chi connectivity index (χ0) is 17.9. The fourth-order valence-electron chi connectivity index (χ4n) is 3.34. The van der Waals surface area contributed by atoms with Gasteiger partial charge in [0.15, 0.2) is 15.8 Å². The Labute approximate surface area is 160 Å². The van der Waals surface area contributed by atoms with Crippen LogP contribution in [-0.2, 0) is 4.79 Å². The van der Waals surface area contributed by atoms with Gasteiger partial charge in [0, 0.05) is 13.0 Å². The maximum atomic E-state index is 12.8. The molecular formula is C18H21N3O3S2. The number of aryl methyl sites for hydroxylation is 1. The van der Waals surface area contributed by atoms with Crippen molar-refractivity contribution in [1.82, 2.24) is 15.1 Å². The van der Waals surface area contributed by atoms with E-state index in [4.69, 9.17) is 9.47 Å². The Morgan fingerprint density at radius 2 is 2.12 bits per heavy atom. The fraction of sp³-hybridized carbons (Fsp3) is 0.500. The smallest absolute Gasteiger partial charge is 0.233 e. The quantitative estimate of drug-likeness (QED) is 0.744. The molecular weight excluding hydrogens is 370 g/mol. The van der Waals surface area contributed by atoms with Crippen LogP contribution in [0.1, 0.15) is 35.9 Å². The lowest BCUT2D eigenvalue weighted by molar-refractivity contribution is -0.129. The van der Waals surface area contributed by atoms with Crippen LogP contribution in [0.4, 0.5) is 0 Å². The van der Waals surface area contributed by atoms with Crippen LogP contribution in [0, 0.1) is 6.92 Å². The van der Waals surface area contributed by atoms with Crippen molar-refractivity contribution < 1.29 is 14.3 Å². The first-order chi connectivity index (χ1) is 12.7. The van der Waals surface area contributed by atoms with Crippen molar-refractivity contribution in [2.45, 2.75) is 36.6 Å². The molecule has 1 atom stereocenters. The van der Waals surface area contributed by atoms with Crippen molar-refractivity contribution in [2.24, 2.45) is 0 Å². The topological polar surface area (TPSA) is 64.6 Å². The lowest BCUT2D eigenvalue weighted by atomic mass is 10.0. The van der Waals surface area contributed by atoms with E-state index >= 15 is 0 Å². The van der Waals surface area contributed by atoms with E-state index in [1.54, 1.807) is 0 Å². The molecule has 0 spiro atoms. The van der Waals surface area contributed by atoms with E-state index in [2.05, 4.69) is 16.3 Å². The number of hydrogen-bond acceptors (Lipinski definition) is 7. The summed E-state index contributed by atoms with van der Waals surface area (Å²) in [6.07, 6.45) is 2.89. The lowest BCUT2D eigenvalue weighted by Gasteiger charge is -2.25. The summed E-state index contributed by atoms with van der Waals surface area (Å²) in [6, 6.07) is 6.18. The van der Waals surface area contributed by atoms with Gasteiger partial charge in [-0.3, -0.25) is 4.79 Å². The Kier molecular flexibility index (Phi) is 5.31. The van der Waals surface area contributed by atoms with Crippen LogP contribution in [0.15, 0.2) is 22.5 Å². The number of benzene rings is 1. The average Bonchev–Trinajstić information content (AvgIpc) is 3.23. The second-order valence-electron chi connectivity index (χ2n) is 6.38. The van der Waals surface area contributed by atoms with Crippen LogP contribution in [0.5, 0.6) is 11.5 Å². The van der Waals surface area contributed by atoms with E-state index in [1.807, 2.05) is 24.0 Å². The maximum Gasteiger partial charge on any atom is 0.233 e. The van der Waals surface area contributed by atoms with E-state index < -0.39 is 0 Å². The largest absolute Gasteiger partial charge is 0.490 e. The highest BCUT2D eigenvalue weighted by atomic mass is 32.2. The molecule has 0 N–H and O–H groups in total. The third kappa shape index (κ3) is 3.81.